The van der Waals surface area contributed by atoms with Crippen LogP contribution in [0.3, 0.4) is 0 Å². The number of likely N-dealkylation sites (tertiary alicyclic amines) is 1. The largest absolute Gasteiger partial charge is 0.382 e. The number of carbonyl (C=O) groups excluding carboxylic acids is 1. The Bertz CT molecular complexity index is 925. The molecule has 138 valence electrons. The SMILES string of the molecule is O=C(Cc1cccc2ccccc12)N1CCC(Nc2ccc(F)cc2)CC1. The van der Waals surface area contributed by atoms with Crippen LogP contribution in [0.25, 0.3) is 10.8 Å². The zero-order chi connectivity index (χ0) is 18.6. The number of carbonyl (C=O) groups is 1. The van der Waals surface area contributed by atoms with Gasteiger partial charge in [-0.2, -0.15) is 0 Å². The molecule has 0 bridgehead atoms. The van der Waals surface area contributed by atoms with Crippen molar-refractivity contribution in [2.24, 2.45) is 0 Å². The summed E-state index contributed by atoms with van der Waals surface area (Å²) in [6.45, 7) is 1.50. The van der Waals surface area contributed by atoms with Gasteiger partial charge in [-0.15, -0.1) is 0 Å². The van der Waals surface area contributed by atoms with Crippen molar-refractivity contribution >= 4 is 22.4 Å². The van der Waals surface area contributed by atoms with Gasteiger partial charge in [-0.1, -0.05) is 42.5 Å². The minimum absolute atomic E-state index is 0.187. The average Bonchev–Trinajstić information content (AvgIpc) is 2.70. The molecule has 0 radical (unpaired) electrons. The molecule has 4 heteroatoms. The second-order valence-electron chi connectivity index (χ2n) is 7.12. The Morgan fingerprint density at radius 2 is 1.67 bits per heavy atom. The summed E-state index contributed by atoms with van der Waals surface area (Å²) in [6.07, 6.45) is 2.24. The molecule has 3 aromatic rings. The number of fused-ring (bicyclic) bond motifs is 1. The highest BCUT2D eigenvalue weighted by molar-refractivity contribution is 5.90. The highest BCUT2D eigenvalue weighted by atomic mass is 19.1. The second kappa shape index (κ2) is 7.78. The normalized spacial score (nSPS) is 15.1. The first-order chi connectivity index (χ1) is 13.2. The van der Waals surface area contributed by atoms with Gasteiger partial charge in [0.05, 0.1) is 6.42 Å². The van der Waals surface area contributed by atoms with Crippen LogP contribution in [0.15, 0.2) is 66.7 Å². The minimum atomic E-state index is -0.227. The van der Waals surface area contributed by atoms with E-state index in [4.69, 9.17) is 0 Å². The van der Waals surface area contributed by atoms with Crippen molar-refractivity contribution in [3.05, 3.63) is 78.1 Å². The number of nitrogens with one attached hydrogen (secondary N) is 1. The molecule has 4 rings (SSSR count). The van der Waals surface area contributed by atoms with Crippen LogP contribution < -0.4 is 5.32 Å². The van der Waals surface area contributed by atoms with Gasteiger partial charge < -0.3 is 10.2 Å². The number of halogens is 1. The Labute approximate surface area is 158 Å². The summed E-state index contributed by atoms with van der Waals surface area (Å²) in [4.78, 5) is 14.7. The fourth-order valence-corrected chi connectivity index (χ4v) is 3.78. The van der Waals surface area contributed by atoms with Crippen molar-refractivity contribution in [2.45, 2.75) is 25.3 Å². The summed E-state index contributed by atoms with van der Waals surface area (Å²) >= 11 is 0. The number of benzene rings is 3. The third-order valence-electron chi connectivity index (χ3n) is 5.28. The second-order valence-corrected chi connectivity index (χ2v) is 7.12. The van der Waals surface area contributed by atoms with E-state index in [1.54, 1.807) is 12.1 Å². The highest BCUT2D eigenvalue weighted by Crippen LogP contribution is 2.21. The van der Waals surface area contributed by atoms with Crippen molar-refractivity contribution in [1.29, 1.82) is 0 Å². The summed E-state index contributed by atoms with van der Waals surface area (Å²) in [5.74, 6) is -0.0408. The Balaban J connectivity index is 1.35. The highest BCUT2D eigenvalue weighted by Gasteiger charge is 2.23. The molecular weight excluding hydrogens is 339 g/mol. The number of nitrogens with zero attached hydrogens (tertiary/aromatic N) is 1. The number of piperidine rings is 1. The molecule has 1 heterocycles. The molecule has 1 fully saturated rings. The van der Waals surface area contributed by atoms with E-state index in [0.717, 1.165) is 42.6 Å². The molecule has 0 unspecified atom stereocenters. The summed E-state index contributed by atoms with van der Waals surface area (Å²) in [7, 11) is 0. The zero-order valence-electron chi connectivity index (χ0n) is 15.2. The quantitative estimate of drug-likeness (QED) is 0.734. The maximum Gasteiger partial charge on any atom is 0.227 e. The Morgan fingerprint density at radius 3 is 2.44 bits per heavy atom. The van der Waals surface area contributed by atoms with E-state index in [2.05, 4.69) is 23.5 Å². The number of hydrogen-bond acceptors (Lipinski definition) is 2. The van der Waals surface area contributed by atoms with E-state index >= 15 is 0 Å². The molecule has 0 saturated carbocycles. The van der Waals surface area contributed by atoms with E-state index in [1.807, 2.05) is 29.2 Å². The summed E-state index contributed by atoms with van der Waals surface area (Å²) < 4.78 is 13.0. The van der Waals surface area contributed by atoms with E-state index in [9.17, 15) is 9.18 Å². The Morgan fingerprint density at radius 1 is 0.963 bits per heavy atom. The van der Waals surface area contributed by atoms with Crippen LogP contribution in [0.4, 0.5) is 10.1 Å². The molecule has 3 aromatic carbocycles. The zero-order valence-corrected chi connectivity index (χ0v) is 15.2. The molecule has 0 aromatic heterocycles. The standard InChI is InChI=1S/C23H23FN2O/c24-19-8-10-20(11-9-19)25-21-12-14-26(15-13-21)23(27)16-18-6-3-5-17-4-1-2-7-22(17)18/h1-11,21,25H,12-16H2. The molecule has 0 spiro atoms. The van der Waals surface area contributed by atoms with Crippen LogP contribution in [-0.4, -0.2) is 29.9 Å². The molecule has 1 aliphatic rings. The van der Waals surface area contributed by atoms with Crippen molar-refractivity contribution in [3.8, 4) is 0 Å². The first-order valence-electron chi connectivity index (χ1n) is 9.45. The van der Waals surface area contributed by atoms with Gasteiger partial charge in [-0.25, -0.2) is 4.39 Å². The van der Waals surface area contributed by atoms with E-state index in [-0.39, 0.29) is 11.7 Å². The smallest absolute Gasteiger partial charge is 0.227 e. The van der Waals surface area contributed by atoms with E-state index in [1.165, 1.54) is 17.5 Å². The maximum absolute atomic E-state index is 13.0. The van der Waals surface area contributed by atoms with Gasteiger partial charge in [0.25, 0.3) is 0 Å². The molecule has 0 aliphatic carbocycles. The lowest BCUT2D eigenvalue weighted by Gasteiger charge is -2.33. The van der Waals surface area contributed by atoms with Crippen molar-refractivity contribution in [2.75, 3.05) is 18.4 Å². The molecule has 3 nitrogen and oxygen atoms in total. The Kier molecular flexibility index (Phi) is 5.05. The van der Waals surface area contributed by atoms with Crippen LogP contribution in [0.5, 0.6) is 0 Å². The van der Waals surface area contributed by atoms with Gasteiger partial charge in [0.15, 0.2) is 0 Å². The van der Waals surface area contributed by atoms with Gasteiger partial charge in [0.1, 0.15) is 5.82 Å². The molecule has 0 atom stereocenters. The fraction of sp³-hybridized carbons (Fsp3) is 0.261. The third-order valence-corrected chi connectivity index (χ3v) is 5.28. The number of anilines is 1. The molecule has 1 amide bonds. The summed E-state index contributed by atoms with van der Waals surface area (Å²) in [5, 5.41) is 5.76. The average molecular weight is 362 g/mol. The van der Waals surface area contributed by atoms with E-state index in [0.29, 0.717) is 12.5 Å². The van der Waals surface area contributed by atoms with Crippen LogP contribution in [-0.2, 0) is 11.2 Å². The van der Waals surface area contributed by atoms with Gasteiger partial charge >= 0.3 is 0 Å². The lowest BCUT2D eigenvalue weighted by atomic mass is 10.00. The summed E-state index contributed by atoms with van der Waals surface area (Å²) in [6, 6.07) is 21.1. The first kappa shape index (κ1) is 17.5. The van der Waals surface area contributed by atoms with Crippen molar-refractivity contribution in [1.82, 2.24) is 4.90 Å². The predicted molar refractivity (Wildman–Crippen MR) is 107 cm³/mol. The first-order valence-corrected chi connectivity index (χ1v) is 9.45. The lowest BCUT2D eigenvalue weighted by Crippen LogP contribution is -2.43. The number of amides is 1. The lowest BCUT2D eigenvalue weighted by molar-refractivity contribution is -0.131. The maximum atomic E-state index is 13.0. The fourth-order valence-electron chi connectivity index (χ4n) is 3.78. The third kappa shape index (κ3) is 4.11. The van der Waals surface area contributed by atoms with Crippen LogP contribution in [0, 0.1) is 5.82 Å². The number of hydrogen-bond donors (Lipinski definition) is 1. The van der Waals surface area contributed by atoms with Crippen molar-refractivity contribution in [3.63, 3.8) is 0 Å². The summed E-state index contributed by atoms with van der Waals surface area (Å²) in [5.41, 5.74) is 2.02. The van der Waals surface area contributed by atoms with Gasteiger partial charge in [0, 0.05) is 24.8 Å². The van der Waals surface area contributed by atoms with Crippen LogP contribution >= 0.6 is 0 Å². The molecule has 1 N–H and O–H groups in total. The molecule has 27 heavy (non-hydrogen) atoms. The molecule has 1 saturated heterocycles. The van der Waals surface area contributed by atoms with Gasteiger partial charge in [-0.05, 0) is 53.4 Å². The van der Waals surface area contributed by atoms with E-state index < -0.39 is 0 Å². The van der Waals surface area contributed by atoms with Crippen molar-refractivity contribution < 1.29 is 9.18 Å². The topological polar surface area (TPSA) is 32.3 Å². The number of rotatable bonds is 4. The predicted octanol–water partition coefficient (Wildman–Crippen LogP) is 4.62. The minimum Gasteiger partial charge on any atom is -0.382 e. The van der Waals surface area contributed by atoms with Crippen LogP contribution in [0.2, 0.25) is 0 Å². The van der Waals surface area contributed by atoms with Gasteiger partial charge in [0.2, 0.25) is 5.91 Å². The molecular formula is C23H23FN2O. The van der Waals surface area contributed by atoms with Crippen LogP contribution in [0.1, 0.15) is 18.4 Å². The van der Waals surface area contributed by atoms with Gasteiger partial charge in [-0.3, -0.25) is 4.79 Å². The molecule has 1 aliphatic heterocycles. The monoisotopic (exact) mass is 362 g/mol. The Hall–Kier alpha value is -2.88.